The molecule has 2 rings (SSSR count). The van der Waals surface area contributed by atoms with Crippen LogP contribution in [-0.4, -0.2) is 35.8 Å². The molecule has 0 N–H and O–H groups in total. The SMILES string of the molecule is CCCCCC1(CCCCC)OCC(CC)N1C(=O)COc1ccccc1. The number of unbranched alkanes of at least 4 members (excludes halogenated alkanes) is 4. The molecule has 1 aromatic rings. The van der Waals surface area contributed by atoms with Crippen LogP contribution >= 0.6 is 0 Å². The molecule has 1 amide bonds. The quantitative estimate of drug-likeness (QED) is 0.449. The van der Waals surface area contributed by atoms with E-state index in [2.05, 4.69) is 20.8 Å². The molecule has 0 saturated carbocycles. The summed E-state index contributed by atoms with van der Waals surface area (Å²) in [6.45, 7) is 7.29. The minimum Gasteiger partial charge on any atom is -0.484 e. The maximum atomic E-state index is 13.2. The monoisotopic (exact) mass is 375 g/mol. The standard InChI is InChI=1S/C23H37NO3/c1-4-7-12-16-23(17-13-8-5-2)24(20(6-3)18-27-23)22(25)19-26-21-14-10-9-11-15-21/h9-11,14-15,20H,4-8,12-13,16-19H2,1-3H3. The molecule has 1 unspecified atom stereocenters. The van der Waals surface area contributed by atoms with Crippen LogP contribution in [0.5, 0.6) is 5.75 Å². The van der Waals surface area contributed by atoms with Gasteiger partial charge in [-0.15, -0.1) is 0 Å². The number of rotatable bonds is 12. The Bertz CT molecular complexity index is 536. The molecule has 0 radical (unpaired) electrons. The summed E-state index contributed by atoms with van der Waals surface area (Å²) in [5.74, 6) is 0.790. The van der Waals surface area contributed by atoms with Gasteiger partial charge in [-0.1, -0.05) is 64.7 Å². The summed E-state index contributed by atoms with van der Waals surface area (Å²) < 4.78 is 12.1. The minimum absolute atomic E-state index is 0.0520. The summed E-state index contributed by atoms with van der Waals surface area (Å²) in [6.07, 6.45) is 9.68. The molecule has 1 aromatic carbocycles. The number of nitrogens with zero attached hydrogens (tertiary/aromatic N) is 1. The highest BCUT2D eigenvalue weighted by atomic mass is 16.5. The van der Waals surface area contributed by atoms with Crippen LogP contribution in [0.25, 0.3) is 0 Å². The predicted octanol–water partition coefficient (Wildman–Crippen LogP) is 5.56. The van der Waals surface area contributed by atoms with Gasteiger partial charge in [0.05, 0.1) is 12.6 Å². The lowest BCUT2D eigenvalue weighted by Crippen LogP contribution is -2.53. The number of carbonyl (C=O) groups excluding carboxylic acids is 1. The third kappa shape index (κ3) is 5.97. The van der Waals surface area contributed by atoms with Crippen LogP contribution in [0.1, 0.15) is 78.6 Å². The highest BCUT2D eigenvalue weighted by molar-refractivity contribution is 5.79. The molecule has 0 aliphatic carbocycles. The number of hydrogen-bond donors (Lipinski definition) is 0. The third-order valence-corrected chi connectivity index (χ3v) is 5.54. The first-order valence-corrected chi connectivity index (χ1v) is 10.8. The molecule has 1 aliphatic rings. The van der Waals surface area contributed by atoms with Crippen LogP contribution in [0.3, 0.4) is 0 Å². The molecule has 152 valence electrons. The average Bonchev–Trinajstić information content (AvgIpc) is 3.06. The van der Waals surface area contributed by atoms with Crippen molar-refractivity contribution in [1.82, 2.24) is 4.90 Å². The summed E-state index contributed by atoms with van der Waals surface area (Å²) >= 11 is 0. The van der Waals surface area contributed by atoms with E-state index in [-0.39, 0.29) is 18.6 Å². The number of hydrogen-bond acceptors (Lipinski definition) is 3. The van der Waals surface area contributed by atoms with Crippen molar-refractivity contribution in [2.75, 3.05) is 13.2 Å². The largest absolute Gasteiger partial charge is 0.484 e. The molecule has 1 saturated heterocycles. The second kappa shape index (κ2) is 11.3. The van der Waals surface area contributed by atoms with Crippen LogP contribution < -0.4 is 4.74 Å². The Hall–Kier alpha value is -1.55. The zero-order chi connectivity index (χ0) is 19.5. The molecule has 0 spiro atoms. The van der Waals surface area contributed by atoms with Gasteiger partial charge in [0.25, 0.3) is 5.91 Å². The van der Waals surface area contributed by atoms with Crippen molar-refractivity contribution in [1.29, 1.82) is 0 Å². The first-order valence-electron chi connectivity index (χ1n) is 10.8. The first kappa shape index (κ1) is 21.7. The van der Waals surface area contributed by atoms with E-state index in [0.717, 1.165) is 37.9 Å². The van der Waals surface area contributed by atoms with E-state index in [4.69, 9.17) is 9.47 Å². The highest BCUT2D eigenvalue weighted by Crippen LogP contribution is 2.38. The zero-order valence-corrected chi connectivity index (χ0v) is 17.4. The minimum atomic E-state index is -0.442. The van der Waals surface area contributed by atoms with Gasteiger partial charge in [-0.2, -0.15) is 0 Å². The number of amides is 1. The molecular weight excluding hydrogens is 338 g/mol. The molecular formula is C23H37NO3. The predicted molar refractivity (Wildman–Crippen MR) is 110 cm³/mol. The lowest BCUT2D eigenvalue weighted by Gasteiger charge is -2.39. The van der Waals surface area contributed by atoms with Crippen molar-refractivity contribution in [3.8, 4) is 5.75 Å². The summed E-state index contributed by atoms with van der Waals surface area (Å²) in [7, 11) is 0. The van der Waals surface area contributed by atoms with Crippen molar-refractivity contribution in [3.05, 3.63) is 30.3 Å². The molecule has 1 atom stereocenters. The number of para-hydroxylation sites is 1. The van der Waals surface area contributed by atoms with Gasteiger partial charge in [0, 0.05) is 0 Å². The normalized spacial score (nSPS) is 18.6. The van der Waals surface area contributed by atoms with Crippen molar-refractivity contribution in [2.24, 2.45) is 0 Å². The van der Waals surface area contributed by atoms with E-state index >= 15 is 0 Å². The van der Waals surface area contributed by atoms with Crippen molar-refractivity contribution in [3.63, 3.8) is 0 Å². The van der Waals surface area contributed by atoms with E-state index in [1.807, 2.05) is 35.2 Å². The maximum absolute atomic E-state index is 13.2. The van der Waals surface area contributed by atoms with Crippen molar-refractivity contribution < 1.29 is 14.3 Å². The smallest absolute Gasteiger partial charge is 0.263 e. The van der Waals surface area contributed by atoms with Crippen LogP contribution in [0.15, 0.2) is 30.3 Å². The molecule has 0 bridgehead atoms. The van der Waals surface area contributed by atoms with Crippen molar-refractivity contribution in [2.45, 2.75) is 90.3 Å². The number of carbonyl (C=O) groups is 1. The van der Waals surface area contributed by atoms with Crippen LogP contribution in [-0.2, 0) is 9.53 Å². The Morgan fingerprint density at radius 1 is 1.07 bits per heavy atom. The first-order chi connectivity index (χ1) is 13.2. The second-order valence-electron chi connectivity index (χ2n) is 7.60. The summed E-state index contributed by atoms with van der Waals surface area (Å²) in [5, 5.41) is 0. The lowest BCUT2D eigenvalue weighted by atomic mass is 9.95. The van der Waals surface area contributed by atoms with Gasteiger partial charge < -0.3 is 14.4 Å². The maximum Gasteiger partial charge on any atom is 0.263 e. The molecule has 27 heavy (non-hydrogen) atoms. The summed E-state index contributed by atoms with van der Waals surface area (Å²) in [4.78, 5) is 15.2. The summed E-state index contributed by atoms with van der Waals surface area (Å²) in [5.41, 5.74) is -0.442. The molecule has 1 aliphatic heterocycles. The van der Waals surface area contributed by atoms with E-state index in [1.54, 1.807) is 0 Å². The Balaban J connectivity index is 2.11. The van der Waals surface area contributed by atoms with Gasteiger partial charge in [-0.05, 0) is 44.2 Å². The Kier molecular flexibility index (Phi) is 9.12. The Morgan fingerprint density at radius 2 is 1.70 bits per heavy atom. The molecule has 0 aromatic heterocycles. The fourth-order valence-corrected chi connectivity index (χ4v) is 4.00. The van der Waals surface area contributed by atoms with Crippen LogP contribution in [0.2, 0.25) is 0 Å². The molecule has 1 fully saturated rings. The van der Waals surface area contributed by atoms with Gasteiger partial charge in [-0.25, -0.2) is 0 Å². The topological polar surface area (TPSA) is 38.8 Å². The summed E-state index contributed by atoms with van der Waals surface area (Å²) in [6, 6.07) is 9.73. The van der Waals surface area contributed by atoms with Crippen LogP contribution in [0, 0.1) is 0 Å². The lowest BCUT2D eigenvalue weighted by molar-refractivity contribution is -0.157. The third-order valence-electron chi connectivity index (χ3n) is 5.54. The van der Waals surface area contributed by atoms with E-state index in [1.165, 1.54) is 25.7 Å². The molecule has 1 heterocycles. The van der Waals surface area contributed by atoms with Gasteiger partial charge in [0.1, 0.15) is 11.5 Å². The fourth-order valence-electron chi connectivity index (χ4n) is 4.00. The highest BCUT2D eigenvalue weighted by Gasteiger charge is 2.48. The average molecular weight is 376 g/mol. The van der Waals surface area contributed by atoms with Crippen LogP contribution in [0.4, 0.5) is 0 Å². The molecule has 4 nitrogen and oxygen atoms in total. The van der Waals surface area contributed by atoms with Gasteiger partial charge >= 0.3 is 0 Å². The Morgan fingerprint density at radius 3 is 2.26 bits per heavy atom. The van der Waals surface area contributed by atoms with Crippen molar-refractivity contribution >= 4 is 5.91 Å². The van der Waals surface area contributed by atoms with Gasteiger partial charge in [-0.3, -0.25) is 4.79 Å². The molecule has 4 heteroatoms. The second-order valence-corrected chi connectivity index (χ2v) is 7.60. The van der Waals surface area contributed by atoms with Gasteiger partial charge in [0.15, 0.2) is 6.61 Å². The van der Waals surface area contributed by atoms with E-state index in [9.17, 15) is 4.79 Å². The number of benzene rings is 1. The van der Waals surface area contributed by atoms with E-state index in [0.29, 0.717) is 6.61 Å². The number of ether oxygens (including phenoxy) is 2. The zero-order valence-electron chi connectivity index (χ0n) is 17.4. The Labute approximate surface area is 165 Å². The van der Waals surface area contributed by atoms with E-state index < -0.39 is 5.72 Å². The van der Waals surface area contributed by atoms with Gasteiger partial charge in [0.2, 0.25) is 0 Å². The fraction of sp³-hybridized carbons (Fsp3) is 0.696.